The van der Waals surface area contributed by atoms with E-state index < -0.39 is 0 Å². The Bertz CT molecular complexity index is 424. The summed E-state index contributed by atoms with van der Waals surface area (Å²) in [5.74, 6) is 2.68. The van der Waals surface area contributed by atoms with Crippen molar-refractivity contribution in [2.45, 2.75) is 52.9 Å². The lowest BCUT2D eigenvalue weighted by Gasteiger charge is -2.36. The van der Waals surface area contributed by atoms with Crippen LogP contribution >= 0.6 is 0 Å². The van der Waals surface area contributed by atoms with E-state index in [0.717, 1.165) is 17.8 Å². The second-order valence-corrected chi connectivity index (χ2v) is 6.80. The number of benzene rings is 1. The minimum absolute atomic E-state index is 0.863. The molecular formula is C19H31N. The summed E-state index contributed by atoms with van der Waals surface area (Å²) < 4.78 is 0. The van der Waals surface area contributed by atoms with E-state index in [-0.39, 0.29) is 0 Å². The Balaban J connectivity index is 2.11. The van der Waals surface area contributed by atoms with Crippen LogP contribution in [0.25, 0.3) is 0 Å². The summed E-state index contributed by atoms with van der Waals surface area (Å²) in [5.41, 5.74) is 4.45. The fourth-order valence-electron chi connectivity index (χ4n) is 3.88. The van der Waals surface area contributed by atoms with E-state index in [4.69, 9.17) is 0 Å². The zero-order valence-electron chi connectivity index (χ0n) is 13.7. The summed E-state index contributed by atoms with van der Waals surface area (Å²) >= 11 is 0. The molecule has 3 atom stereocenters. The molecule has 0 aliphatic heterocycles. The van der Waals surface area contributed by atoms with Gasteiger partial charge in [0.25, 0.3) is 0 Å². The van der Waals surface area contributed by atoms with Crippen LogP contribution in [0.3, 0.4) is 0 Å². The highest BCUT2D eigenvalue weighted by Gasteiger charge is 2.29. The van der Waals surface area contributed by atoms with Crippen molar-refractivity contribution < 1.29 is 0 Å². The Kier molecular flexibility index (Phi) is 5.65. The monoisotopic (exact) mass is 273 g/mol. The molecule has 3 unspecified atom stereocenters. The Morgan fingerprint density at radius 2 is 1.95 bits per heavy atom. The molecule has 1 saturated carbocycles. The zero-order valence-corrected chi connectivity index (χ0v) is 13.7. The third-order valence-electron chi connectivity index (χ3n) is 5.28. The highest BCUT2D eigenvalue weighted by Crippen LogP contribution is 2.37. The van der Waals surface area contributed by atoms with Crippen LogP contribution in [0.1, 0.15) is 49.3 Å². The molecule has 1 aliphatic rings. The van der Waals surface area contributed by atoms with E-state index in [9.17, 15) is 0 Å². The number of aryl methyl sites for hydroxylation is 2. The normalized spacial score (nSPS) is 26.7. The minimum Gasteiger partial charge on any atom is -0.319 e. The van der Waals surface area contributed by atoms with Gasteiger partial charge in [-0.25, -0.2) is 0 Å². The lowest BCUT2D eigenvalue weighted by molar-refractivity contribution is 0.173. The molecule has 0 radical (unpaired) electrons. The molecular weight excluding hydrogens is 242 g/mol. The van der Waals surface area contributed by atoms with Gasteiger partial charge in [-0.15, -0.1) is 0 Å². The Morgan fingerprint density at radius 1 is 1.15 bits per heavy atom. The SMILES string of the molecule is CCC1CCC(CNC)C(Cc2cc(C)ccc2C)C1. The van der Waals surface area contributed by atoms with Crippen LogP contribution in [0.5, 0.6) is 0 Å². The zero-order chi connectivity index (χ0) is 14.5. The molecule has 0 spiro atoms. The quantitative estimate of drug-likeness (QED) is 0.832. The van der Waals surface area contributed by atoms with Gasteiger partial charge in [0.05, 0.1) is 0 Å². The average Bonchev–Trinajstić information content (AvgIpc) is 2.45. The largest absolute Gasteiger partial charge is 0.319 e. The summed E-state index contributed by atoms with van der Waals surface area (Å²) in [7, 11) is 2.10. The van der Waals surface area contributed by atoms with Crippen LogP contribution in [0.15, 0.2) is 18.2 Å². The summed E-state index contributed by atoms with van der Waals surface area (Å²) in [6.07, 6.45) is 6.91. The summed E-state index contributed by atoms with van der Waals surface area (Å²) in [5, 5.41) is 3.41. The van der Waals surface area contributed by atoms with E-state index in [0.29, 0.717) is 0 Å². The molecule has 1 aliphatic carbocycles. The lowest BCUT2D eigenvalue weighted by Crippen LogP contribution is -2.33. The molecule has 1 N–H and O–H groups in total. The van der Waals surface area contributed by atoms with Crippen molar-refractivity contribution in [2.75, 3.05) is 13.6 Å². The summed E-state index contributed by atoms with van der Waals surface area (Å²) in [6, 6.07) is 6.93. The molecule has 1 aromatic rings. The average molecular weight is 273 g/mol. The maximum atomic E-state index is 3.41. The first-order valence-electron chi connectivity index (χ1n) is 8.34. The Morgan fingerprint density at radius 3 is 2.65 bits per heavy atom. The first-order chi connectivity index (χ1) is 9.63. The molecule has 0 aromatic heterocycles. The van der Waals surface area contributed by atoms with Crippen molar-refractivity contribution in [3.8, 4) is 0 Å². The first-order valence-corrected chi connectivity index (χ1v) is 8.34. The van der Waals surface area contributed by atoms with Crippen molar-refractivity contribution in [3.63, 3.8) is 0 Å². The Hall–Kier alpha value is -0.820. The van der Waals surface area contributed by atoms with Crippen molar-refractivity contribution in [1.29, 1.82) is 0 Å². The van der Waals surface area contributed by atoms with E-state index in [2.05, 4.69) is 51.3 Å². The molecule has 1 nitrogen and oxygen atoms in total. The number of hydrogen-bond acceptors (Lipinski definition) is 1. The van der Waals surface area contributed by atoms with Gasteiger partial charge in [0.2, 0.25) is 0 Å². The predicted molar refractivity (Wildman–Crippen MR) is 88.2 cm³/mol. The fourth-order valence-corrected chi connectivity index (χ4v) is 3.88. The third kappa shape index (κ3) is 3.85. The van der Waals surface area contributed by atoms with Crippen molar-refractivity contribution in [1.82, 2.24) is 5.32 Å². The molecule has 112 valence electrons. The van der Waals surface area contributed by atoms with Gasteiger partial charge in [0, 0.05) is 0 Å². The first kappa shape index (κ1) is 15.6. The van der Waals surface area contributed by atoms with Crippen LogP contribution in [0.4, 0.5) is 0 Å². The second-order valence-electron chi connectivity index (χ2n) is 6.80. The van der Waals surface area contributed by atoms with Crippen LogP contribution in [0, 0.1) is 31.6 Å². The fraction of sp³-hybridized carbons (Fsp3) is 0.684. The van der Waals surface area contributed by atoms with Gasteiger partial charge < -0.3 is 5.32 Å². The second kappa shape index (κ2) is 7.26. The van der Waals surface area contributed by atoms with Gasteiger partial charge in [-0.3, -0.25) is 0 Å². The maximum absolute atomic E-state index is 3.41. The van der Waals surface area contributed by atoms with Crippen LogP contribution in [-0.2, 0) is 6.42 Å². The molecule has 0 amide bonds. The van der Waals surface area contributed by atoms with Gasteiger partial charge >= 0.3 is 0 Å². The highest BCUT2D eigenvalue weighted by atomic mass is 14.8. The van der Waals surface area contributed by atoms with Gasteiger partial charge in [-0.1, -0.05) is 43.5 Å². The Labute approximate surface area is 125 Å². The predicted octanol–water partition coefficient (Wildman–Crippen LogP) is 4.51. The van der Waals surface area contributed by atoms with E-state index in [1.807, 2.05) is 0 Å². The molecule has 1 heteroatoms. The third-order valence-corrected chi connectivity index (χ3v) is 5.28. The van der Waals surface area contributed by atoms with Crippen molar-refractivity contribution >= 4 is 0 Å². The molecule has 1 fully saturated rings. The summed E-state index contributed by atoms with van der Waals surface area (Å²) in [6.45, 7) is 8.02. The van der Waals surface area contributed by atoms with Gasteiger partial charge in [-0.05, 0) is 75.6 Å². The smallest absolute Gasteiger partial charge is 0.00208 e. The van der Waals surface area contributed by atoms with E-state index in [1.54, 1.807) is 5.56 Å². The van der Waals surface area contributed by atoms with Crippen LogP contribution < -0.4 is 5.32 Å². The summed E-state index contributed by atoms with van der Waals surface area (Å²) in [4.78, 5) is 0. The van der Waals surface area contributed by atoms with E-state index >= 15 is 0 Å². The van der Waals surface area contributed by atoms with Gasteiger partial charge in [0.15, 0.2) is 0 Å². The molecule has 20 heavy (non-hydrogen) atoms. The molecule has 0 heterocycles. The molecule has 1 aromatic carbocycles. The number of hydrogen-bond donors (Lipinski definition) is 1. The number of nitrogens with one attached hydrogen (secondary N) is 1. The van der Waals surface area contributed by atoms with Crippen molar-refractivity contribution in [3.05, 3.63) is 34.9 Å². The van der Waals surface area contributed by atoms with Crippen LogP contribution in [0.2, 0.25) is 0 Å². The topological polar surface area (TPSA) is 12.0 Å². The molecule has 0 saturated heterocycles. The highest BCUT2D eigenvalue weighted by molar-refractivity contribution is 5.31. The molecule has 0 bridgehead atoms. The van der Waals surface area contributed by atoms with Crippen LogP contribution in [-0.4, -0.2) is 13.6 Å². The molecule has 2 rings (SSSR count). The maximum Gasteiger partial charge on any atom is -0.00208 e. The van der Waals surface area contributed by atoms with Crippen molar-refractivity contribution in [2.24, 2.45) is 17.8 Å². The minimum atomic E-state index is 0.863. The van der Waals surface area contributed by atoms with Gasteiger partial charge in [0.1, 0.15) is 0 Å². The standard InChI is InChI=1S/C19H31N/c1-5-16-8-9-17(13-20-4)19(11-16)12-18-10-14(2)6-7-15(18)3/h6-7,10,16-17,19-20H,5,8-9,11-13H2,1-4H3. The number of rotatable bonds is 5. The van der Waals surface area contributed by atoms with Gasteiger partial charge in [-0.2, -0.15) is 0 Å². The lowest BCUT2D eigenvalue weighted by atomic mass is 9.70. The van der Waals surface area contributed by atoms with E-state index in [1.165, 1.54) is 49.8 Å².